The van der Waals surface area contributed by atoms with E-state index in [0.29, 0.717) is 12.3 Å². The molecule has 1 fully saturated rings. The molecule has 0 spiro atoms. The number of alkyl halides is 6. The maximum absolute atomic E-state index is 13.6. The molecule has 0 radical (unpaired) electrons. The topological polar surface area (TPSA) is 71.5 Å². The fraction of sp³-hybridized carbons (Fsp3) is 0.429. The number of aromatic nitrogens is 1. The molecule has 1 heterocycles. The molecule has 3 rings (SSSR count). The molecule has 1 saturated carbocycles. The standard InChI is InChI=1S/C21H19ClF6N2O3/c22-13-3-1-2-12(7-13)15-8-16(18(32)29-9-14(31)6-11-4-5-11)17(21(26,27)28)30-19(15)33-10-20(23,24)25/h1-3,7-8,11,14,31H,4-6,9-10H2,(H,29,32). The zero-order valence-corrected chi connectivity index (χ0v) is 17.7. The quantitative estimate of drug-likeness (QED) is 0.490. The Hall–Kier alpha value is -2.53. The van der Waals surface area contributed by atoms with Gasteiger partial charge in [0, 0.05) is 17.1 Å². The van der Waals surface area contributed by atoms with E-state index in [1.165, 1.54) is 24.3 Å². The molecular formula is C21H19ClF6N2O3. The molecule has 1 atom stereocenters. The minimum absolute atomic E-state index is 0.101. The molecule has 1 aromatic heterocycles. The number of rotatable bonds is 8. The first-order chi connectivity index (χ1) is 15.3. The lowest BCUT2D eigenvalue weighted by molar-refractivity contribution is -0.154. The highest BCUT2D eigenvalue weighted by Crippen LogP contribution is 2.38. The lowest BCUT2D eigenvalue weighted by Gasteiger charge is -2.19. The van der Waals surface area contributed by atoms with Crippen LogP contribution in [0.1, 0.15) is 35.3 Å². The number of carbonyl (C=O) groups excluding carboxylic acids is 1. The van der Waals surface area contributed by atoms with Crippen LogP contribution in [0.3, 0.4) is 0 Å². The van der Waals surface area contributed by atoms with E-state index < -0.39 is 48.1 Å². The number of nitrogens with one attached hydrogen (secondary N) is 1. The van der Waals surface area contributed by atoms with E-state index in [9.17, 15) is 36.2 Å². The average molecular weight is 497 g/mol. The van der Waals surface area contributed by atoms with Crippen molar-refractivity contribution in [1.29, 1.82) is 0 Å². The molecule has 0 bridgehead atoms. The lowest BCUT2D eigenvalue weighted by Crippen LogP contribution is -2.34. The van der Waals surface area contributed by atoms with E-state index in [1.54, 1.807) is 0 Å². The van der Waals surface area contributed by atoms with Gasteiger partial charge in [-0.3, -0.25) is 4.79 Å². The minimum atomic E-state index is -5.16. The molecule has 0 saturated heterocycles. The Morgan fingerprint density at radius 2 is 1.91 bits per heavy atom. The second kappa shape index (κ2) is 9.76. The molecule has 180 valence electrons. The Bertz CT molecular complexity index is 1010. The number of amides is 1. The fourth-order valence-corrected chi connectivity index (χ4v) is 3.33. The van der Waals surface area contributed by atoms with Gasteiger partial charge in [0.25, 0.3) is 5.91 Å². The molecule has 1 unspecified atom stereocenters. The van der Waals surface area contributed by atoms with Gasteiger partial charge in [0.05, 0.1) is 11.7 Å². The van der Waals surface area contributed by atoms with E-state index in [4.69, 9.17) is 11.6 Å². The first kappa shape index (κ1) is 25.1. The van der Waals surface area contributed by atoms with Gasteiger partial charge < -0.3 is 15.2 Å². The van der Waals surface area contributed by atoms with Crippen molar-refractivity contribution in [2.24, 2.45) is 5.92 Å². The number of pyridine rings is 1. The van der Waals surface area contributed by atoms with Crippen LogP contribution in [0.4, 0.5) is 26.3 Å². The monoisotopic (exact) mass is 496 g/mol. The molecule has 12 heteroatoms. The predicted octanol–water partition coefficient (Wildman–Crippen LogP) is 5.25. The molecule has 1 aliphatic carbocycles. The van der Waals surface area contributed by atoms with Crippen LogP contribution in [0.15, 0.2) is 30.3 Å². The number of halogens is 7. The number of hydrogen-bond donors (Lipinski definition) is 2. The van der Waals surface area contributed by atoms with E-state index in [-0.39, 0.29) is 22.7 Å². The number of ether oxygens (including phenoxy) is 1. The largest absolute Gasteiger partial charge is 0.468 e. The third kappa shape index (κ3) is 7.23. The van der Waals surface area contributed by atoms with Crippen LogP contribution in [-0.4, -0.2) is 41.4 Å². The van der Waals surface area contributed by atoms with Crippen LogP contribution in [0, 0.1) is 5.92 Å². The number of aliphatic hydroxyl groups excluding tert-OH is 1. The van der Waals surface area contributed by atoms with Gasteiger partial charge in [-0.2, -0.15) is 26.3 Å². The summed E-state index contributed by atoms with van der Waals surface area (Å²) in [5.41, 5.74) is -2.81. The van der Waals surface area contributed by atoms with Crippen molar-refractivity contribution in [2.45, 2.75) is 37.7 Å². The van der Waals surface area contributed by atoms with Gasteiger partial charge in [-0.05, 0) is 36.1 Å². The number of nitrogens with zero attached hydrogens (tertiary/aromatic N) is 1. The third-order valence-electron chi connectivity index (χ3n) is 4.81. The molecule has 2 N–H and O–H groups in total. The van der Waals surface area contributed by atoms with Crippen molar-refractivity contribution >= 4 is 17.5 Å². The van der Waals surface area contributed by atoms with Gasteiger partial charge in [0.1, 0.15) is 0 Å². The second-order valence-corrected chi connectivity index (χ2v) is 8.13. The number of benzene rings is 1. The van der Waals surface area contributed by atoms with Crippen LogP contribution in [0.2, 0.25) is 5.02 Å². The summed E-state index contributed by atoms with van der Waals surface area (Å²) in [6, 6.07) is 6.30. The summed E-state index contributed by atoms with van der Waals surface area (Å²) in [7, 11) is 0. The summed E-state index contributed by atoms with van der Waals surface area (Å²) in [5.74, 6) is -1.81. The number of hydrogen-bond acceptors (Lipinski definition) is 4. The lowest BCUT2D eigenvalue weighted by atomic mass is 10.0. The van der Waals surface area contributed by atoms with Gasteiger partial charge in [-0.25, -0.2) is 4.98 Å². The first-order valence-electron chi connectivity index (χ1n) is 9.87. The highest BCUT2D eigenvalue weighted by Gasteiger charge is 2.39. The van der Waals surface area contributed by atoms with Crippen molar-refractivity contribution < 1.29 is 41.0 Å². The van der Waals surface area contributed by atoms with E-state index in [1.807, 2.05) is 0 Å². The van der Waals surface area contributed by atoms with Crippen molar-refractivity contribution in [1.82, 2.24) is 10.3 Å². The van der Waals surface area contributed by atoms with Gasteiger partial charge >= 0.3 is 12.4 Å². The highest BCUT2D eigenvalue weighted by atomic mass is 35.5. The highest BCUT2D eigenvalue weighted by molar-refractivity contribution is 6.30. The van der Waals surface area contributed by atoms with E-state index in [0.717, 1.165) is 18.9 Å². The molecule has 0 aliphatic heterocycles. The summed E-state index contributed by atoms with van der Waals surface area (Å²) in [5, 5.41) is 12.3. The number of carbonyl (C=O) groups is 1. The Balaban J connectivity index is 2.00. The Labute approximate surface area is 189 Å². The predicted molar refractivity (Wildman–Crippen MR) is 107 cm³/mol. The summed E-state index contributed by atoms with van der Waals surface area (Å²) in [6.07, 6.45) is -8.65. The maximum Gasteiger partial charge on any atom is 0.434 e. The van der Waals surface area contributed by atoms with Crippen molar-refractivity contribution in [2.75, 3.05) is 13.2 Å². The summed E-state index contributed by atoms with van der Waals surface area (Å²) < 4.78 is 83.5. The second-order valence-electron chi connectivity index (χ2n) is 7.69. The zero-order valence-electron chi connectivity index (χ0n) is 16.9. The van der Waals surface area contributed by atoms with Crippen molar-refractivity contribution in [3.05, 3.63) is 46.6 Å². The Morgan fingerprint density at radius 1 is 1.21 bits per heavy atom. The molecule has 1 aliphatic rings. The summed E-state index contributed by atoms with van der Waals surface area (Å²) in [6.45, 7) is -2.17. The van der Waals surface area contributed by atoms with Gasteiger partial charge in [0.2, 0.25) is 5.88 Å². The molecule has 33 heavy (non-hydrogen) atoms. The molecular weight excluding hydrogens is 478 g/mol. The maximum atomic E-state index is 13.6. The molecule has 2 aromatic rings. The number of aliphatic hydroxyl groups is 1. The normalized spacial score (nSPS) is 15.3. The van der Waals surface area contributed by atoms with Crippen molar-refractivity contribution in [3.8, 4) is 17.0 Å². The van der Waals surface area contributed by atoms with Gasteiger partial charge in [-0.15, -0.1) is 0 Å². The van der Waals surface area contributed by atoms with Crippen LogP contribution in [-0.2, 0) is 6.18 Å². The summed E-state index contributed by atoms with van der Waals surface area (Å²) >= 11 is 5.91. The van der Waals surface area contributed by atoms with Crippen LogP contribution < -0.4 is 10.1 Å². The average Bonchev–Trinajstić information content (AvgIpc) is 3.52. The van der Waals surface area contributed by atoms with E-state index in [2.05, 4.69) is 15.0 Å². The van der Waals surface area contributed by atoms with E-state index >= 15 is 0 Å². The zero-order chi connectivity index (χ0) is 24.4. The molecule has 1 aromatic carbocycles. The minimum Gasteiger partial charge on any atom is -0.468 e. The summed E-state index contributed by atoms with van der Waals surface area (Å²) in [4.78, 5) is 15.8. The Kier molecular flexibility index (Phi) is 7.42. The van der Waals surface area contributed by atoms with Gasteiger partial charge in [-0.1, -0.05) is 36.6 Å². The molecule has 1 amide bonds. The fourth-order valence-electron chi connectivity index (χ4n) is 3.14. The van der Waals surface area contributed by atoms with Crippen LogP contribution in [0.25, 0.3) is 11.1 Å². The van der Waals surface area contributed by atoms with Crippen molar-refractivity contribution in [3.63, 3.8) is 0 Å². The van der Waals surface area contributed by atoms with Crippen LogP contribution >= 0.6 is 11.6 Å². The SMILES string of the molecule is O=C(NCC(O)CC1CC1)c1cc(-c2cccc(Cl)c2)c(OCC(F)(F)F)nc1C(F)(F)F. The third-order valence-corrected chi connectivity index (χ3v) is 5.04. The first-order valence-corrected chi connectivity index (χ1v) is 10.3. The van der Waals surface area contributed by atoms with Crippen LogP contribution in [0.5, 0.6) is 5.88 Å². The smallest absolute Gasteiger partial charge is 0.434 e. The molecule has 5 nitrogen and oxygen atoms in total. The Morgan fingerprint density at radius 3 is 2.48 bits per heavy atom. The van der Waals surface area contributed by atoms with Gasteiger partial charge in [0.15, 0.2) is 12.3 Å².